The van der Waals surface area contributed by atoms with Crippen LogP contribution < -0.4 is 24.4 Å². The molecule has 0 spiro atoms. The van der Waals surface area contributed by atoms with Crippen LogP contribution >= 0.6 is 8.58 Å². The Bertz CT molecular complexity index is 1120. The highest BCUT2D eigenvalue weighted by Crippen LogP contribution is 2.55. The lowest BCUT2D eigenvalue weighted by Crippen LogP contribution is -2.26. The lowest BCUT2D eigenvalue weighted by molar-refractivity contribution is 0.275. The van der Waals surface area contributed by atoms with Crippen molar-refractivity contribution >= 4 is 19.6 Å². The van der Waals surface area contributed by atoms with Gasteiger partial charge < -0.3 is 19.1 Å². The van der Waals surface area contributed by atoms with E-state index in [1.165, 1.54) is 0 Å². The van der Waals surface area contributed by atoms with Crippen molar-refractivity contribution in [1.29, 1.82) is 0 Å². The van der Waals surface area contributed by atoms with Crippen LogP contribution in [0.3, 0.4) is 0 Å². The van der Waals surface area contributed by atoms with E-state index in [0.717, 1.165) is 59.3 Å². The van der Waals surface area contributed by atoms with Gasteiger partial charge in [-0.05, 0) is 48.0 Å². The summed E-state index contributed by atoms with van der Waals surface area (Å²) in [5.41, 5.74) is 3.08. The van der Waals surface area contributed by atoms with Crippen LogP contribution in [0.1, 0.15) is 50.7 Å². The van der Waals surface area contributed by atoms with E-state index >= 15 is 0 Å². The molecule has 36 heavy (non-hydrogen) atoms. The van der Waals surface area contributed by atoms with Crippen LogP contribution in [0.2, 0.25) is 0 Å². The van der Waals surface area contributed by atoms with Crippen LogP contribution in [0, 0.1) is 5.82 Å². The zero-order valence-corrected chi connectivity index (χ0v) is 23.4. The van der Waals surface area contributed by atoms with Crippen molar-refractivity contribution in [3.63, 3.8) is 0 Å². The van der Waals surface area contributed by atoms with Crippen LogP contribution in [0.15, 0.2) is 60.7 Å². The van der Waals surface area contributed by atoms with Gasteiger partial charge in [-0.15, -0.1) is 0 Å². The first-order valence-corrected chi connectivity index (χ1v) is 13.6. The van der Waals surface area contributed by atoms with E-state index in [-0.39, 0.29) is 11.0 Å². The fourth-order valence-electron chi connectivity index (χ4n) is 4.52. The normalized spacial score (nSPS) is 13.0. The second-order valence-electron chi connectivity index (χ2n) is 9.20. The molecule has 3 aromatic carbocycles. The molecule has 194 valence electrons. The molecule has 3 rings (SSSR count). The molecule has 4 nitrogen and oxygen atoms in total. The standard InChI is InChI=1S/C30H39FNO3P/c1-7-9-17-30(8-2,36-28-16-15-23(31)18-26(28)32(3)4)25-19-24(33-5)20-27(34-6)29(25)35-21-22-13-11-10-12-14-22/h10-16,18-20,36H,7-9,17,21H2,1-6H3. The molecule has 0 aromatic heterocycles. The second-order valence-corrected chi connectivity index (χ2v) is 10.9. The van der Waals surface area contributed by atoms with E-state index in [1.807, 2.05) is 49.3 Å². The zero-order chi connectivity index (χ0) is 26.1. The van der Waals surface area contributed by atoms with Gasteiger partial charge in [0.2, 0.25) is 0 Å². The smallest absolute Gasteiger partial charge is 0.166 e. The Kier molecular flexibility index (Phi) is 10.0. The number of unbranched alkanes of at least 4 members (excludes halogenated alkanes) is 1. The molecule has 0 bridgehead atoms. The van der Waals surface area contributed by atoms with Crippen molar-refractivity contribution in [2.45, 2.75) is 51.3 Å². The van der Waals surface area contributed by atoms with Gasteiger partial charge in [-0.2, -0.15) is 0 Å². The molecule has 0 saturated heterocycles. The maximum atomic E-state index is 14.2. The van der Waals surface area contributed by atoms with Crippen molar-refractivity contribution in [2.24, 2.45) is 0 Å². The predicted octanol–water partition coefficient (Wildman–Crippen LogP) is 7.29. The number of nitrogens with zero attached hydrogens (tertiary/aromatic N) is 1. The molecule has 0 aliphatic heterocycles. The first-order valence-electron chi connectivity index (χ1n) is 12.6. The molecule has 2 unspecified atom stereocenters. The third-order valence-electron chi connectivity index (χ3n) is 6.60. The summed E-state index contributed by atoms with van der Waals surface area (Å²) in [6.45, 7) is 4.88. The van der Waals surface area contributed by atoms with Gasteiger partial charge in [-0.1, -0.05) is 65.6 Å². The van der Waals surface area contributed by atoms with E-state index in [1.54, 1.807) is 26.4 Å². The summed E-state index contributed by atoms with van der Waals surface area (Å²) in [4.78, 5) is 1.99. The van der Waals surface area contributed by atoms with Crippen LogP contribution in [0.4, 0.5) is 10.1 Å². The van der Waals surface area contributed by atoms with Gasteiger partial charge in [0.15, 0.2) is 11.5 Å². The first-order chi connectivity index (χ1) is 17.4. The third kappa shape index (κ3) is 6.50. The number of anilines is 1. The average Bonchev–Trinajstić information content (AvgIpc) is 2.90. The summed E-state index contributed by atoms with van der Waals surface area (Å²) in [5.74, 6) is 1.92. The monoisotopic (exact) mass is 511 g/mol. The third-order valence-corrected chi connectivity index (χ3v) is 8.65. The molecule has 6 heteroatoms. The fourth-order valence-corrected chi connectivity index (χ4v) is 6.42. The summed E-state index contributed by atoms with van der Waals surface area (Å²) in [6, 6.07) is 19.3. The zero-order valence-electron chi connectivity index (χ0n) is 22.4. The summed E-state index contributed by atoms with van der Waals surface area (Å²) >= 11 is 0. The SMILES string of the molecule is CCCCC(CC)(Pc1ccc(F)cc1N(C)C)c1cc(OC)cc(OC)c1OCc1ccccc1. The number of hydrogen-bond donors (Lipinski definition) is 0. The lowest BCUT2D eigenvalue weighted by Gasteiger charge is -2.37. The molecule has 3 aromatic rings. The Hall–Kier alpha value is -2.78. The Morgan fingerprint density at radius 1 is 0.944 bits per heavy atom. The molecule has 2 atom stereocenters. The van der Waals surface area contributed by atoms with Crippen LogP contribution in [0.25, 0.3) is 0 Å². The Morgan fingerprint density at radius 2 is 1.69 bits per heavy atom. The molecule has 0 aliphatic carbocycles. The van der Waals surface area contributed by atoms with Gasteiger partial charge in [0.1, 0.15) is 18.2 Å². The maximum absolute atomic E-state index is 14.2. The number of ether oxygens (including phenoxy) is 3. The largest absolute Gasteiger partial charge is 0.497 e. The second kappa shape index (κ2) is 13.0. The molecule has 0 amide bonds. The number of rotatable bonds is 13. The molecular weight excluding hydrogens is 472 g/mol. The highest BCUT2D eigenvalue weighted by Gasteiger charge is 2.36. The Labute approximate surface area is 217 Å². The molecule has 0 aliphatic rings. The van der Waals surface area contributed by atoms with E-state index in [2.05, 4.69) is 32.0 Å². The predicted molar refractivity (Wildman–Crippen MR) is 150 cm³/mol. The summed E-state index contributed by atoms with van der Waals surface area (Å²) in [7, 11) is 7.67. The van der Waals surface area contributed by atoms with E-state index < -0.39 is 0 Å². The molecule has 0 N–H and O–H groups in total. The average molecular weight is 512 g/mol. The molecule has 0 fully saturated rings. The molecule has 0 heterocycles. The van der Waals surface area contributed by atoms with Crippen molar-refractivity contribution in [3.8, 4) is 17.2 Å². The Balaban J connectivity index is 2.18. The van der Waals surface area contributed by atoms with Gasteiger partial charge in [0, 0.05) is 36.6 Å². The minimum absolute atomic E-state index is 0.224. The topological polar surface area (TPSA) is 30.9 Å². The van der Waals surface area contributed by atoms with Gasteiger partial charge >= 0.3 is 0 Å². The van der Waals surface area contributed by atoms with Crippen molar-refractivity contribution < 1.29 is 18.6 Å². The number of hydrogen-bond acceptors (Lipinski definition) is 4. The summed E-state index contributed by atoms with van der Waals surface area (Å²) in [5, 5.41) is 0.905. The number of methoxy groups -OCH3 is 2. The Morgan fingerprint density at radius 3 is 2.31 bits per heavy atom. The highest BCUT2D eigenvalue weighted by atomic mass is 31.1. The van der Waals surface area contributed by atoms with Crippen LogP contribution in [-0.4, -0.2) is 28.3 Å². The number of halogens is 1. The highest BCUT2D eigenvalue weighted by molar-refractivity contribution is 7.49. The summed E-state index contributed by atoms with van der Waals surface area (Å²) in [6.07, 6.45) is 4.02. The van der Waals surface area contributed by atoms with Crippen molar-refractivity contribution in [3.05, 3.63) is 77.6 Å². The maximum Gasteiger partial charge on any atom is 0.166 e. The minimum atomic E-state index is -0.230. The van der Waals surface area contributed by atoms with Crippen LogP contribution in [0.5, 0.6) is 17.2 Å². The fraction of sp³-hybridized carbons (Fsp3) is 0.400. The molecular formula is C30H39FNO3P. The number of benzene rings is 3. The quantitative estimate of drug-likeness (QED) is 0.226. The van der Waals surface area contributed by atoms with E-state index in [0.29, 0.717) is 20.9 Å². The van der Waals surface area contributed by atoms with Gasteiger partial charge in [0.05, 0.1) is 14.2 Å². The van der Waals surface area contributed by atoms with Gasteiger partial charge in [-0.25, -0.2) is 4.39 Å². The molecule has 0 saturated carbocycles. The lowest BCUT2D eigenvalue weighted by atomic mass is 9.88. The minimum Gasteiger partial charge on any atom is -0.497 e. The van der Waals surface area contributed by atoms with Crippen LogP contribution in [-0.2, 0) is 11.8 Å². The van der Waals surface area contributed by atoms with Crippen molar-refractivity contribution in [2.75, 3.05) is 33.2 Å². The van der Waals surface area contributed by atoms with E-state index in [9.17, 15) is 4.39 Å². The van der Waals surface area contributed by atoms with Gasteiger partial charge in [-0.3, -0.25) is 0 Å². The van der Waals surface area contributed by atoms with E-state index in [4.69, 9.17) is 14.2 Å². The first kappa shape index (κ1) is 27.8. The van der Waals surface area contributed by atoms with Gasteiger partial charge in [0.25, 0.3) is 0 Å². The molecule has 0 radical (unpaired) electrons. The summed E-state index contributed by atoms with van der Waals surface area (Å²) < 4.78 is 32.2. The van der Waals surface area contributed by atoms with Crippen molar-refractivity contribution in [1.82, 2.24) is 0 Å².